The minimum absolute atomic E-state index is 0.0280. The summed E-state index contributed by atoms with van der Waals surface area (Å²) in [7, 11) is 0. The van der Waals surface area contributed by atoms with Gasteiger partial charge in [0.25, 0.3) is 0 Å². The van der Waals surface area contributed by atoms with Crippen LogP contribution in [0.4, 0.5) is 0 Å². The molecule has 3 amide bonds. The number of rotatable bonds is 4. The molecule has 2 fully saturated rings. The Morgan fingerprint density at radius 1 is 1.08 bits per heavy atom. The lowest BCUT2D eigenvalue weighted by atomic mass is 9.94. The Bertz CT molecular complexity index is 514. The Morgan fingerprint density at radius 3 is 2.08 bits per heavy atom. The second-order valence-electron chi connectivity index (χ2n) is 8.19. The zero-order chi connectivity index (χ0) is 18.8. The Balaban J connectivity index is 1.90. The van der Waals surface area contributed by atoms with E-state index >= 15 is 0 Å². The van der Waals surface area contributed by atoms with Crippen molar-refractivity contribution in [2.45, 2.75) is 59.4 Å². The molecule has 6 nitrogen and oxygen atoms in total. The molecule has 2 rings (SSSR count). The fraction of sp³-hybridized carbons (Fsp3) is 0.842. The van der Waals surface area contributed by atoms with Crippen LogP contribution in [0.3, 0.4) is 0 Å². The van der Waals surface area contributed by atoms with Crippen molar-refractivity contribution in [3.05, 3.63) is 0 Å². The summed E-state index contributed by atoms with van der Waals surface area (Å²) in [6.45, 7) is 13.2. The number of carbonyl (C=O) groups excluding carboxylic acids is 3. The van der Waals surface area contributed by atoms with Gasteiger partial charge >= 0.3 is 0 Å². The third-order valence-electron chi connectivity index (χ3n) is 5.52. The highest BCUT2D eigenvalue weighted by Crippen LogP contribution is 2.28. The molecule has 0 spiro atoms. The molecule has 2 aliphatic heterocycles. The Morgan fingerprint density at radius 2 is 1.64 bits per heavy atom. The van der Waals surface area contributed by atoms with Crippen molar-refractivity contribution >= 4 is 17.7 Å². The van der Waals surface area contributed by atoms with Gasteiger partial charge in [-0.25, -0.2) is 0 Å². The summed E-state index contributed by atoms with van der Waals surface area (Å²) in [5, 5.41) is 0. The van der Waals surface area contributed by atoms with Crippen molar-refractivity contribution in [1.29, 1.82) is 0 Å². The molecule has 6 heteroatoms. The van der Waals surface area contributed by atoms with E-state index in [1.165, 1.54) is 0 Å². The number of carbonyl (C=O) groups is 3. The predicted octanol–water partition coefficient (Wildman–Crippen LogP) is 1.74. The molecule has 1 unspecified atom stereocenters. The molecule has 0 radical (unpaired) electrons. The number of piperidine rings is 1. The van der Waals surface area contributed by atoms with E-state index in [0.29, 0.717) is 26.1 Å². The van der Waals surface area contributed by atoms with Gasteiger partial charge < -0.3 is 14.7 Å². The van der Waals surface area contributed by atoms with Crippen LogP contribution in [-0.4, -0.2) is 70.7 Å². The maximum absolute atomic E-state index is 12.8. The zero-order valence-electron chi connectivity index (χ0n) is 16.4. The number of hydrogen-bond acceptors (Lipinski definition) is 3. The molecular formula is C19H33N3O3. The van der Waals surface area contributed by atoms with Crippen LogP contribution in [-0.2, 0) is 14.4 Å². The van der Waals surface area contributed by atoms with E-state index in [1.807, 2.05) is 49.3 Å². The quantitative estimate of drug-likeness (QED) is 0.775. The van der Waals surface area contributed by atoms with E-state index in [4.69, 9.17) is 0 Å². The largest absolute Gasteiger partial charge is 0.343 e. The number of nitrogens with zero attached hydrogens (tertiary/aromatic N) is 3. The van der Waals surface area contributed by atoms with Gasteiger partial charge in [0.1, 0.15) is 0 Å². The maximum Gasteiger partial charge on any atom is 0.227 e. The van der Waals surface area contributed by atoms with Crippen LogP contribution >= 0.6 is 0 Å². The van der Waals surface area contributed by atoms with Gasteiger partial charge in [-0.05, 0) is 47.5 Å². The maximum atomic E-state index is 12.8. The van der Waals surface area contributed by atoms with Gasteiger partial charge in [-0.15, -0.1) is 0 Å². The first kappa shape index (κ1) is 19.7. The lowest BCUT2D eigenvalue weighted by molar-refractivity contribution is -0.142. The van der Waals surface area contributed by atoms with Crippen molar-refractivity contribution in [1.82, 2.24) is 14.7 Å². The van der Waals surface area contributed by atoms with Crippen molar-refractivity contribution in [2.75, 3.05) is 32.7 Å². The molecule has 0 saturated carbocycles. The molecule has 2 aliphatic rings. The Hall–Kier alpha value is -1.59. The number of amides is 3. The third kappa shape index (κ3) is 4.33. The lowest BCUT2D eigenvalue weighted by Crippen LogP contribution is -2.47. The van der Waals surface area contributed by atoms with Crippen LogP contribution in [0, 0.1) is 11.8 Å². The van der Waals surface area contributed by atoms with Gasteiger partial charge in [0.2, 0.25) is 17.7 Å². The molecule has 2 heterocycles. The van der Waals surface area contributed by atoms with Gasteiger partial charge in [-0.3, -0.25) is 14.4 Å². The fourth-order valence-electron chi connectivity index (χ4n) is 3.92. The molecule has 0 aliphatic carbocycles. The van der Waals surface area contributed by atoms with E-state index in [0.717, 1.165) is 25.9 Å². The fourth-order valence-corrected chi connectivity index (χ4v) is 3.92. The average molecular weight is 351 g/mol. The second kappa shape index (κ2) is 7.75. The molecule has 0 N–H and O–H groups in total. The normalized spacial score (nSPS) is 22.4. The highest BCUT2D eigenvalue weighted by atomic mass is 16.2. The van der Waals surface area contributed by atoms with E-state index in [-0.39, 0.29) is 35.1 Å². The van der Waals surface area contributed by atoms with E-state index in [9.17, 15) is 14.4 Å². The molecule has 0 aromatic rings. The molecular weight excluding hydrogens is 318 g/mol. The first-order valence-corrected chi connectivity index (χ1v) is 9.57. The SMILES string of the molecule is CCN(CC)C(=O)C1CCN(C(=O)C2CC(=O)N(C(C)(C)C)C2)CC1. The standard InChI is InChI=1S/C19H33N3O3/c1-6-20(7-2)17(24)14-8-10-21(11-9-14)18(25)15-12-16(23)22(13-15)19(3,4)5/h14-15H,6-13H2,1-5H3. The van der Waals surface area contributed by atoms with Crippen LogP contribution in [0.5, 0.6) is 0 Å². The summed E-state index contributed by atoms with van der Waals surface area (Å²) in [6, 6.07) is 0. The van der Waals surface area contributed by atoms with Crippen LogP contribution in [0.2, 0.25) is 0 Å². The monoisotopic (exact) mass is 351 g/mol. The number of hydrogen-bond donors (Lipinski definition) is 0. The number of likely N-dealkylation sites (tertiary alicyclic amines) is 2. The van der Waals surface area contributed by atoms with Gasteiger partial charge in [0, 0.05) is 50.6 Å². The lowest BCUT2D eigenvalue weighted by Gasteiger charge is -2.35. The van der Waals surface area contributed by atoms with E-state index in [2.05, 4.69) is 0 Å². The van der Waals surface area contributed by atoms with Crippen LogP contribution in [0.25, 0.3) is 0 Å². The molecule has 2 saturated heterocycles. The summed E-state index contributed by atoms with van der Waals surface area (Å²) in [5.74, 6) is 0.153. The Labute approximate surface area is 151 Å². The summed E-state index contributed by atoms with van der Waals surface area (Å²) >= 11 is 0. The Kier molecular flexibility index (Phi) is 6.12. The molecule has 0 bridgehead atoms. The molecule has 25 heavy (non-hydrogen) atoms. The minimum Gasteiger partial charge on any atom is -0.343 e. The zero-order valence-corrected chi connectivity index (χ0v) is 16.4. The van der Waals surface area contributed by atoms with E-state index in [1.54, 1.807) is 0 Å². The first-order valence-electron chi connectivity index (χ1n) is 9.57. The molecule has 0 aromatic carbocycles. The molecule has 1 atom stereocenters. The van der Waals surface area contributed by atoms with Gasteiger partial charge in [-0.2, -0.15) is 0 Å². The van der Waals surface area contributed by atoms with Crippen LogP contribution < -0.4 is 0 Å². The van der Waals surface area contributed by atoms with Gasteiger partial charge in [0.05, 0.1) is 5.92 Å². The minimum atomic E-state index is -0.241. The average Bonchev–Trinajstić information content (AvgIpc) is 2.97. The highest BCUT2D eigenvalue weighted by Gasteiger charge is 2.41. The van der Waals surface area contributed by atoms with Crippen molar-refractivity contribution < 1.29 is 14.4 Å². The van der Waals surface area contributed by atoms with Gasteiger partial charge in [0.15, 0.2) is 0 Å². The smallest absolute Gasteiger partial charge is 0.227 e. The van der Waals surface area contributed by atoms with Crippen molar-refractivity contribution in [3.8, 4) is 0 Å². The van der Waals surface area contributed by atoms with Gasteiger partial charge in [-0.1, -0.05) is 0 Å². The van der Waals surface area contributed by atoms with Crippen molar-refractivity contribution in [2.24, 2.45) is 11.8 Å². The van der Waals surface area contributed by atoms with E-state index < -0.39 is 0 Å². The summed E-state index contributed by atoms with van der Waals surface area (Å²) in [5.41, 5.74) is -0.241. The summed E-state index contributed by atoms with van der Waals surface area (Å²) in [4.78, 5) is 43.0. The molecule has 0 aromatic heterocycles. The second-order valence-corrected chi connectivity index (χ2v) is 8.19. The van der Waals surface area contributed by atoms with Crippen LogP contribution in [0.15, 0.2) is 0 Å². The van der Waals surface area contributed by atoms with Crippen molar-refractivity contribution in [3.63, 3.8) is 0 Å². The highest BCUT2D eigenvalue weighted by molar-refractivity contribution is 5.90. The molecule has 142 valence electrons. The third-order valence-corrected chi connectivity index (χ3v) is 5.52. The predicted molar refractivity (Wildman–Crippen MR) is 96.8 cm³/mol. The first-order chi connectivity index (χ1) is 11.7. The topological polar surface area (TPSA) is 60.9 Å². The van der Waals surface area contributed by atoms with Crippen LogP contribution in [0.1, 0.15) is 53.9 Å². The summed E-state index contributed by atoms with van der Waals surface area (Å²) in [6.07, 6.45) is 1.77. The summed E-state index contributed by atoms with van der Waals surface area (Å²) < 4.78 is 0.